The molecule has 1 aliphatic heterocycles. The minimum Gasteiger partial charge on any atom is -0.392 e. The van der Waals surface area contributed by atoms with E-state index in [1.165, 1.54) is 6.07 Å². The Morgan fingerprint density at radius 2 is 2.33 bits per heavy atom. The van der Waals surface area contributed by atoms with Gasteiger partial charge in [0.25, 0.3) is 5.69 Å². The van der Waals surface area contributed by atoms with Gasteiger partial charge in [-0.05, 0) is 31.5 Å². The van der Waals surface area contributed by atoms with Gasteiger partial charge in [0, 0.05) is 29.2 Å². The quantitative estimate of drug-likeness (QED) is 0.686. The molecule has 1 aromatic carbocycles. The number of nitro groups is 1. The Balaban J connectivity index is 2.16. The van der Waals surface area contributed by atoms with E-state index >= 15 is 0 Å². The van der Waals surface area contributed by atoms with E-state index in [0.717, 1.165) is 23.9 Å². The third kappa shape index (κ3) is 3.28. The van der Waals surface area contributed by atoms with Gasteiger partial charge in [0.15, 0.2) is 0 Å². The van der Waals surface area contributed by atoms with Crippen LogP contribution in [0, 0.1) is 10.1 Å². The maximum atomic E-state index is 11.0. The summed E-state index contributed by atoms with van der Waals surface area (Å²) < 4.78 is 0.834. The summed E-state index contributed by atoms with van der Waals surface area (Å²) in [5.74, 6) is 0. The highest BCUT2D eigenvalue weighted by Gasteiger charge is 2.21. The van der Waals surface area contributed by atoms with Gasteiger partial charge < -0.3 is 5.11 Å². The second-order valence-corrected chi connectivity index (χ2v) is 5.48. The van der Waals surface area contributed by atoms with Gasteiger partial charge in [0.1, 0.15) is 0 Å². The Bertz CT molecular complexity index is 453. The smallest absolute Gasteiger partial charge is 0.273 e. The number of β-amino-alcohol motifs (C(OH)–C–C–N with tert-alkyl or cyclic N) is 1. The highest BCUT2D eigenvalue weighted by atomic mass is 79.9. The molecule has 0 amide bonds. The van der Waals surface area contributed by atoms with Crippen molar-refractivity contribution < 1.29 is 10.0 Å². The van der Waals surface area contributed by atoms with E-state index in [1.807, 2.05) is 0 Å². The van der Waals surface area contributed by atoms with E-state index < -0.39 is 0 Å². The molecule has 1 atom stereocenters. The van der Waals surface area contributed by atoms with E-state index in [4.69, 9.17) is 0 Å². The second-order valence-electron chi connectivity index (χ2n) is 4.56. The summed E-state index contributed by atoms with van der Waals surface area (Å²) in [7, 11) is 0. The Morgan fingerprint density at radius 3 is 3.00 bits per heavy atom. The van der Waals surface area contributed by atoms with E-state index in [1.54, 1.807) is 12.1 Å². The van der Waals surface area contributed by atoms with Crippen LogP contribution in [-0.2, 0) is 6.54 Å². The van der Waals surface area contributed by atoms with Gasteiger partial charge in [-0.25, -0.2) is 0 Å². The standard InChI is InChI=1S/C12H15BrN2O3/c13-10-3-4-12(15(17)18)9(6-10)7-14-5-1-2-11(16)8-14/h3-4,6,11,16H,1-2,5,7-8H2. The molecule has 98 valence electrons. The molecule has 5 nitrogen and oxygen atoms in total. The molecule has 0 radical (unpaired) electrons. The summed E-state index contributed by atoms with van der Waals surface area (Å²) in [4.78, 5) is 12.7. The highest BCUT2D eigenvalue weighted by molar-refractivity contribution is 9.10. The average Bonchev–Trinajstić information content (AvgIpc) is 2.28. The molecule has 18 heavy (non-hydrogen) atoms. The minimum atomic E-state index is -0.359. The lowest BCUT2D eigenvalue weighted by Gasteiger charge is -2.29. The Hall–Kier alpha value is -0.980. The summed E-state index contributed by atoms with van der Waals surface area (Å²) in [5.41, 5.74) is 0.821. The molecule has 2 rings (SSSR count). The number of likely N-dealkylation sites (tertiary alicyclic amines) is 1. The van der Waals surface area contributed by atoms with Crippen LogP contribution in [0.15, 0.2) is 22.7 Å². The van der Waals surface area contributed by atoms with Gasteiger partial charge in [-0.2, -0.15) is 0 Å². The van der Waals surface area contributed by atoms with Gasteiger partial charge in [-0.1, -0.05) is 15.9 Å². The summed E-state index contributed by atoms with van der Waals surface area (Å²) >= 11 is 3.33. The van der Waals surface area contributed by atoms with Gasteiger partial charge in [-0.15, -0.1) is 0 Å². The molecule has 6 heteroatoms. The fourth-order valence-corrected chi connectivity index (χ4v) is 2.68. The summed E-state index contributed by atoms with van der Waals surface area (Å²) in [6.45, 7) is 1.97. The molecule has 0 spiro atoms. The Kier molecular flexibility index (Phi) is 4.31. The zero-order valence-electron chi connectivity index (χ0n) is 9.88. The molecule has 0 bridgehead atoms. The first kappa shape index (κ1) is 13.5. The molecule has 0 saturated carbocycles. The summed E-state index contributed by atoms with van der Waals surface area (Å²) in [6, 6.07) is 4.96. The average molecular weight is 315 g/mol. The number of hydrogen-bond acceptors (Lipinski definition) is 4. The number of benzene rings is 1. The SMILES string of the molecule is O=[N+]([O-])c1ccc(Br)cc1CN1CCCC(O)C1. The predicted molar refractivity (Wildman–Crippen MR) is 71.3 cm³/mol. The number of piperidine rings is 1. The van der Waals surface area contributed by atoms with Crippen molar-refractivity contribution in [2.24, 2.45) is 0 Å². The van der Waals surface area contributed by atoms with Crippen molar-refractivity contribution in [2.75, 3.05) is 13.1 Å². The zero-order valence-corrected chi connectivity index (χ0v) is 11.5. The zero-order chi connectivity index (χ0) is 13.1. The monoisotopic (exact) mass is 314 g/mol. The van der Waals surface area contributed by atoms with E-state index in [-0.39, 0.29) is 16.7 Å². The summed E-state index contributed by atoms with van der Waals surface area (Å²) in [5, 5.41) is 20.6. The van der Waals surface area contributed by atoms with Crippen molar-refractivity contribution in [3.8, 4) is 0 Å². The number of nitro benzene ring substituents is 1. The molecule has 0 aliphatic carbocycles. The van der Waals surface area contributed by atoms with Crippen LogP contribution in [0.2, 0.25) is 0 Å². The number of halogens is 1. The first-order chi connectivity index (χ1) is 8.56. The van der Waals surface area contributed by atoms with Crippen molar-refractivity contribution in [3.05, 3.63) is 38.3 Å². The van der Waals surface area contributed by atoms with Crippen molar-refractivity contribution in [3.63, 3.8) is 0 Å². The molecular weight excluding hydrogens is 300 g/mol. The van der Waals surface area contributed by atoms with Crippen LogP contribution in [0.3, 0.4) is 0 Å². The van der Waals surface area contributed by atoms with Crippen LogP contribution in [0.4, 0.5) is 5.69 Å². The third-order valence-electron chi connectivity index (χ3n) is 3.11. The molecule has 1 N–H and O–H groups in total. The van der Waals surface area contributed by atoms with Crippen LogP contribution in [0.5, 0.6) is 0 Å². The molecule has 1 unspecified atom stereocenters. The van der Waals surface area contributed by atoms with Crippen molar-refractivity contribution in [1.82, 2.24) is 4.90 Å². The molecule has 1 aromatic rings. The topological polar surface area (TPSA) is 66.6 Å². The number of nitrogens with zero attached hydrogens (tertiary/aromatic N) is 2. The highest BCUT2D eigenvalue weighted by Crippen LogP contribution is 2.25. The van der Waals surface area contributed by atoms with Gasteiger partial charge >= 0.3 is 0 Å². The Morgan fingerprint density at radius 1 is 1.56 bits per heavy atom. The molecule has 1 saturated heterocycles. The lowest BCUT2D eigenvalue weighted by molar-refractivity contribution is -0.385. The van der Waals surface area contributed by atoms with Crippen LogP contribution < -0.4 is 0 Å². The molecule has 1 fully saturated rings. The normalized spacial score (nSPS) is 20.9. The lowest BCUT2D eigenvalue weighted by atomic mass is 10.1. The maximum Gasteiger partial charge on any atom is 0.273 e. The Labute approximate surface area is 114 Å². The number of aliphatic hydroxyl groups is 1. The molecule has 0 aromatic heterocycles. The predicted octanol–water partition coefficient (Wildman–Crippen LogP) is 2.31. The summed E-state index contributed by atoms with van der Waals surface area (Å²) in [6.07, 6.45) is 1.44. The number of hydrogen-bond donors (Lipinski definition) is 1. The van der Waals surface area contributed by atoms with E-state index in [2.05, 4.69) is 20.8 Å². The van der Waals surface area contributed by atoms with Crippen LogP contribution in [-0.4, -0.2) is 34.1 Å². The van der Waals surface area contributed by atoms with Gasteiger partial charge in [-0.3, -0.25) is 15.0 Å². The number of rotatable bonds is 3. The number of aliphatic hydroxyl groups excluding tert-OH is 1. The maximum absolute atomic E-state index is 11.0. The van der Waals surface area contributed by atoms with Gasteiger partial charge in [0.05, 0.1) is 11.0 Å². The first-order valence-electron chi connectivity index (χ1n) is 5.89. The second kappa shape index (κ2) is 5.77. The van der Waals surface area contributed by atoms with Crippen LogP contribution in [0.25, 0.3) is 0 Å². The fraction of sp³-hybridized carbons (Fsp3) is 0.500. The van der Waals surface area contributed by atoms with E-state index in [9.17, 15) is 15.2 Å². The molecular formula is C12H15BrN2O3. The van der Waals surface area contributed by atoms with Crippen LogP contribution >= 0.6 is 15.9 Å². The largest absolute Gasteiger partial charge is 0.392 e. The van der Waals surface area contributed by atoms with Crippen LogP contribution in [0.1, 0.15) is 18.4 Å². The minimum absolute atomic E-state index is 0.137. The van der Waals surface area contributed by atoms with Gasteiger partial charge in [0.2, 0.25) is 0 Å². The van der Waals surface area contributed by atoms with Crippen molar-refractivity contribution >= 4 is 21.6 Å². The molecule has 1 aliphatic rings. The fourth-order valence-electron chi connectivity index (χ4n) is 2.27. The van der Waals surface area contributed by atoms with Crippen molar-refractivity contribution in [1.29, 1.82) is 0 Å². The van der Waals surface area contributed by atoms with Crippen molar-refractivity contribution in [2.45, 2.75) is 25.5 Å². The lowest BCUT2D eigenvalue weighted by Crippen LogP contribution is -2.37. The third-order valence-corrected chi connectivity index (χ3v) is 3.61. The first-order valence-corrected chi connectivity index (χ1v) is 6.69. The van der Waals surface area contributed by atoms with E-state index in [0.29, 0.717) is 18.7 Å². The molecule has 1 heterocycles.